The van der Waals surface area contributed by atoms with Crippen LogP contribution in [0.2, 0.25) is 0 Å². The van der Waals surface area contributed by atoms with Gasteiger partial charge in [-0.2, -0.15) is 0 Å². The fourth-order valence-electron chi connectivity index (χ4n) is 5.12. The summed E-state index contributed by atoms with van der Waals surface area (Å²) in [6, 6.07) is 16.1. The van der Waals surface area contributed by atoms with E-state index in [-0.39, 0.29) is 23.6 Å². The first-order chi connectivity index (χ1) is 18.2. The van der Waals surface area contributed by atoms with E-state index >= 15 is 0 Å². The molecule has 0 atom stereocenters. The van der Waals surface area contributed by atoms with E-state index in [1.54, 1.807) is 6.08 Å². The SMILES string of the molecule is O=C(CCc1ccccc1)NC1CCN(C2CCN(C(=O)/C=C/c3ccc(OC(F)(F)F)cc3)CC2)CC1. The summed E-state index contributed by atoms with van der Waals surface area (Å²) in [5.41, 5.74) is 1.80. The maximum atomic E-state index is 12.6. The number of hydrogen-bond donors (Lipinski definition) is 1. The van der Waals surface area contributed by atoms with E-state index in [1.165, 1.54) is 35.9 Å². The molecule has 2 aromatic rings. The zero-order valence-corrected chi connectivity index (χ0v) is 21.3. The van der Waals surface area contributed by atoms with Crippen molar-refractivity contribution in [2.75, 3.05) is 26.2 Å². The minimum atomic E-state index is -4.73. The molecule has 2 heterocycles. The van der Waals surface area contributed by atoms with Gasteiger partial charge in [0.1, 0.15) is 5.75 Å². The van der Waals surface area contributed by atoms with Gasteiger partial charge in [0.15, 0.2) is 0 Å². The van der Waals surface area contributed by atoms with E-state index in [9.17, 15) is 22.8 Å². The number of rotatable bonds is 8. The van der Waals surface area contributed by atoms with Crippen LogP contribution in [-0.2, 0) is 16.0 Å². The third-order valence-electron chi connectivity index (χ3n) is 7.20. The van der Waals surface area contributed by atoms with Gasteiger partial charge in [-0.15, -0.1) is 13.2 Å². The van der Waals surface area contributed by atoms with Crippen molar-refractivity contribution in [1.29, 1.82) is 0 Å². The molecule has 204 valence electrons. The van der Waals surface area contributed by atoms with Crippen LogP contribution in [-0.4, -0.2) is 66.2 Å². The molecule has 2 aliphatic rings. The number of carbonyl (C=O) groups is 2. The predicted octanol–water partition coefficient (Wildman–Crippen LogP) is 4.80. The molecule has 4 rings (SSSR count). The largest absolute Gasteiger partial charge is 0.573 e. The quantitative estimate of drug-likeness (QED) is 0.499. The number of hydrogen-bond acceptors (Lipinski definition) is 4. The van der Waals surface area contributed by atoms with Crippen molar-refractivity contribution in [2.45, 2.75) is 57.0 Å². The number of halogens is 3. The molecule has 0 aliphatic carbocycles. The van der Waals surface area contributed by atoms with Gasteiger partial charge in [-0.3, -0.25) is 9.59 Å². The topological polar surface area (TPSA) is 61.9 Å². The summed E-state index contributed by atoms with van der Waals surface area (Å²) in [7, 11) is 0. The number of benzene rings is 2. The van der Waals surface area contributed by atoms with Gasteiger partial charge in [-0.1, -0.05) is 42.5 Å². The molecule has 1 N–H and O–H groups in total. The lowest BCUT2D eigenvalue weighted by Gasteiger charge is -2.41. The van der Waals surface area contributed by atoms with Gasteiger partial charge in [-0.25, -0.2) is 0 Å². The number of amides is 2. The monoisotopic (exact) mass is 529 g/mol. The van der Waals surface area contributed by atoms with Gasteiger partial charge < -0.3 is 19.9 Å². The Balaban J connectivity index is 1.14. The van der Waals surface area contributed by atoms with Crippen LogP contribution in [0.25, 0.3) is 6.08 Å². The molecule has 0 saturated carbocycles. The highest BCUT2D eigenvalue weighted by Gasteiger charge is 2.31. The second-order valence-electron chi connectivity index (χ2n) is 9.87. The molecule has 0 aromatic heterocycles. The van der Waals surface area contributed by atoms with Crippen LogP contribution in [0.1, 0.15) is 43.2 Å². The molecule has 9 heteroatoms. The zero-order chi connectivity index (χ0) is 27.0. The summed E-state index contributed by atoms with van der Waals surface area (Å²) in [5, 5.41) is 3.19. The predicted molar refractivity (Wildman–Crippen MR) is 139 cm³/mol. The molecule has 2 amide bonds. The number of alkyl halides is 3. The van der Waals surface area contributed by atoms with Crippen molar-refractivity contribution in [2.24, 2.45) is 0 Å². The van der Waals surface area contributed by atoms with E-state index < -0.39 is 6.36 Å². The number of nitrogens with zero attached hydrogens (tertiary/aromatic N) is 2. The van der Waals surface area contributed by atoms with Crippen LogP contribution < -0.4 is 10.1 Å². The van der Waals surface area contributed by atoms with Crippen molar-refractivity contribution in [1.82, 2.24) is 15.1 Å². The minimum Gasteiger partial charge on any atom is -0.406 e. The second kappa shape index (κ2) is 13.0. The Labute approximate surface area is 221 Å². The molecule has 38 heavy (non-hydrogen) atoms. The zero-order valence-electron chi connectivity index (χ0n) is 21.3. The summed E-state index contributed by atoms with van der Waals surface area (Å²) in [6.07, 6.45) is 3.26. The highest BCUT2D eigenvalue weighted by molar-refractivity contribution is 5.91. The maximum Gasteiger partial charge on any atom is 0.573 e. The first kappa shape index (κ1) is 27.7. The molecule has 0 bridgehead atoms. The van der Waals surface area contributed by atoms with Crippen molar-refractivity contribution in [3.8, 4) is 5.75 Å². The maximum absolute atomic E-state index is 12.6. The summed E-state index contributed by atoms with van der Waals surface area (Å²) in [4.78, 5) is 29.3. The van der Waals surface area contributed by atoms with Crippen LogP contribution >= 0.6 is 0 Å². The Morgan fingerprint density at radius 3 is 2.21 bits per heavy atom. The third-order valence-corrected chi connectivity index (χ3v) is 7.20. The molecule has 2 fully saturated rings. The lowest BCUT2D eigenvalue weighted by Crippen LogP contribution is -2.51. The van der Waals surface area contributed by atoms with E-state index in [2.05, 4.69) is 15.0 Å². The van der Waals surface area contributed by atoms with Gasteiger partial charge in [0.25, 0.3) is 0 Å². The van der Waals surface area contributed by atoms with Crippen LogP contribution in [0.5, 0.6) is 5.75 Å². The summed E-state index contributed by atoms with van der Waals surface area (Å²) < 4.78 is 40.7. The molecule has 0 unspecified atom stereocenters. The molecule has 6 nitrogen and oxygen atoms in total. The normalized spacial score (nSPS) is 18.0. The highest BCUT2D eigenvalue weighted by atomic mass is 19.4. The lowest BCUT2D eigenvalue weighted by molar-refractivity contribution is -0.274. The average Bonchev–Trinajstić information content (AvgIpc) is 2.92. The van der Waals surface area contributed by atoms with Crippen LogP contribution in [0, 0.1) is 0 Å². The average molecular weight is 530 g/mol. The summed E-state index contributed by atoms with van der Waals surface area (Å²) in [6.45, 7) is 3.22. The fraction of sp³-hybridized carbons (Fsp3) is 0.448. The van der Waals surface area contributed by atoms with E-state index in [0.29, 0.717) is 31.1 Å². The Morgan fingerprint density at radius 1 is 0.921 bits per heavy atom. The van der Waals surface area contributed by atoms with Crippen molar-refractivity contribution in [3.63, 3.8) is 0 Å². The van der Waals surface area contributed by atoms with Crippen molar-refractivity contribution < 1.29 is 27.5 Å². The number of likely N-dealkylation sites (tertiary alicyclic amines) is 2. The smallest absolute Gasteiger partial charge is 0.406 e. The third kappa shape index (κ3) is 8.62. The Kier molecular flexibility index (Phi) is 9.44. The molecular formula is C29H34F3N3O3. The van der Waals surface area contributed by atoms with Crippen LogP contribution in [0.15, 0.2) is 60.7 Å². The lowest BCUT2D eigenvalue weighted by atomic mass is 9.97. The van der Waals surface area contributed by atoms with E-state index in [1.807, 2.05) is 35.2 Å². The molecule has 2 aromatic carbocycles. The number of ether oxygens (including phenoxy) is 1. The van der Waals surface area contributed by atoms with Gasteiger partial charge in [0, 0.05) is 50.8 Å². The van der Waals surface area contributed by atoms with Crippen molar-refractivity contribution in [3.05, 3.63) is 71.8 Å². The summed E-state index contributed by atoms with van der Waals surface area (Å²) >= 11 is 0. The second-order valence-corrected chi connectivity index (χ2v) is 9.87. The van der Waals surface area contributed by atoms with E-state index in [0.717, 1.165) is 45.2 Å². The van der Waals surface area contributed by atoms with Gasteiger partial charge in [-0.05, 0) is 61.4 Å². The highest BCUT2D eigenvalue weighted by Crippen LogP contribution is 2.24. The van der Waals surface area contributed by atoms with Crippen molar-refractivity contribution >= 4 is 17.9 Å². The van der Waals surface area contributed by atoms with Gasteiger partial charge >= 0.3 is 6.36 Å². The first-order valence-corrected chi connectivity index (χ1v) is 13.2. The Bertz CT molecular complexity index is 1070. The van der Waals surface area contributed by atoms with E-state index in [4.69, 9.17) is 0 Å². The summed E-state index contributed by atoms with van der Waals surface area (Å²) in [5.74, 6) is -0.286. The number of aryl methyl sites for hydroxylation is 1. The molecular weight excluding hydrogens is 495 g/mol. The Hall–Kier alpha value is -3.33. The number of piperidine rings is 2. The number of carbonyl (C=O) groups excluding carboxylic acids is 2. The Morgan fingerprint density at radius 2 is 1.58 bits per heavy atom. The molecule has 2 saturated heterocycles. The minimum absolute atomic E-state index is 0.101. The standard InChI is InChI=1S/C29H34F3N3O3/c30-29(31,32)38-26-10-6-23(7-11-26)9-13-28(37)35-20-16-25(17-21-35)34-18-14-24(15-19-34)33-27(36)12-8-22-4-2-1-3-5-22/h1-7,9-11,13,24-25H,8,12,14-21H2,(H,33,36)/b13-9+. The van der Waals surface area contributed by atoms with Crippen LogP contribution in [0.4, 0.5) is 13.2 Å². The van der Waals surface area contributed by atoms with Crippen LogP contribution in [0.3, 0.4) is 0 Å². The molecule has 2 aliphatic heterocycles. The van der Waals surface area contributed by atoms with Gasteiger partial charge in [0.05, 0.1) is 0 Å². The molecule has 0 spiro atoms. The molecule has 0 radical (unpaired) electrons. The fourth-order valence-corrected chi connectivity index (χ4v) is 5.12. The number of nitrogens with one attached hydrogen (secondary N) is 1. The first-order valence-electron chi connectivity index (χ1n) is 13.2. The van der Waals surface area contributed by atoms with Gasteiger partial charge in [0.2, 0.25) is 11.8 Å².